The number of carbonyl (C=O) groups is 1. The van der Waals surface area contributed by atoms with Crippen LogP contribution < -0.4 is 4.90 Å². The maximum atomic E-state index is 12.7. The molecule has 0 radical (unpaired) electrons. The first kappa shape index (κ1) is 20.9. The lowest BCUT2D eigenvalue weighted by atomic mass is 9.96. The van der Waals surface area contributed by atoms with Crippen molar-refractivity contribution in [1.82, 2.24) is 14.8 Å². The van der Waals surface area contributed by atoms with E-state index in [0.717, 1.165) is 50.8 Å². The molecule has 0 bridgehead atoms. The second kappa shape index (κ2) is 10.1. The van der Waals surface area contributed by atoms with Gasteiger partial charge in [0.1, 0.15) is 5.82 Å². The van der Waals surface area contributed by atoms with Crippen molar-refractivity contribution >= 4 is 23.3 Å². The van der Waals surface area contributed by atoms with Gasteiger partial charge in [-0.3, -0.25) is 4.79 Å². The molecule has 3 aliphatic heterocycles. The van der Waals surface area contributed by atoms with Gasteiger partial charge < -0.3 is 14.7 Å². The quantitative estimate of drug-likeness (QED) is 0.724. The number of piperidine rings is 2. The van der Waals surface area contributed by atoms with E-state index >= 15 is 0 Å². The number of hydrogen-bond donors (Lipinski definition) is 0. The van der Waals surface area contributed by atoms with E-state index in [2.05, 4.69) is 14.8 Å². The van der Waals surface area contributed by atoms with Gasteiger partial charge in [0, 0.05) is 38.9 Å². The number of aromatic nitrogens is 1. The first-order valence-electron chi connectivity index (χ1n) is 11.6. The van der Waals surface area contributed by atoms with Crippen molar-refractivity contribution in [2.45, 2.75) is 57.8 Å². The molecule has 1 amide bonds. The van der Waals surface area contributed by atoms with Gasteiger partial charge in [-0.05, 0) is 70.0 Å². The van der Waals surface area contributed by atoms with E-state index in [1.807, 2.05) is 11.0 Å². The Bertz CT molecular complexity index is 675. The van der Waals surface area contributed by atoms with Crippen LogP contribution in [0.5, 0.6) is 0 Å². The van der Waals surface area contributed by atoms with Crippen LogP contribution in [-0.2, 0) is 0 Å². The maximum absolute atomic E-state index is 12.7. The van der Waals surface area contributed by atoms with Gasteiger partial charge >= 0.3 is 0 Å². The molecule has 0 aromatic carbocycles. The summed E-state index contributed by atoms with van der Waals surface area (Å²) in [6, 6.07) is 1.82. The molecule has 0 atom stereocenters. The number of halogens is 1. The zero-order valence-corrected chi connectivity index (χ0v) is 18.4. The Kier molecular flexibility index (Phi) is 7.30. The molecular weight excluding hydrogens is 384 g/mol. The van der Waals surface area contributed by atoms with Crippen molar-refractivity contribution in [3.8, 4) is 0 Å². The number of rotatable bonds is 4. The second-order valence-corrected chi connectivity index (χ2v) is 9.43. The number of nitrogens with zero attached hydrogens (tertiary/aromatic N) is 4. The molecule has 29 heavy (non-hydrogen) atoms. The van der Waals surface area contributed by atoms with Crippen LogP contribution in [0.2, 0.25) is 5.02 Å². The Morgan fingerprint density at radius 1 is 0.931 bits per heavy atom. The predicted molar refractivity (Wildman–Crippen MR) is 119 cm³/mol. The summed E-state index contributed by atoms with van der Waals surface area (Å²) in [5.41, 5.74) is 0.622. The molecule has 0 unspecified atom stereocenters. The summed E-state index contributed by atoms with van der Waals surface area (Å²) in [6.45, 7) is 7.51. The lowest BCUT2D eigenvalue weighted by Gasteiger charge is -2.35. The highest BCUT2D eigenvalue weighted by Gasteiger charge is 2.25. The Balaban J connectivity index is 1.31. The highest BCUT2D eigenvalue weighted by atomic mass is 35.5. The van der Waals surface area contributed by atoms with Gasteiger partial charge in [0.25, 0.3) is 5.91 Å². The minimum absolute atomic E-state index is 0.0711. The monoisotopic (exact) mass is 418 g/mol. The minimum Gasteiger partial charge on any atom is -0.355 e. The molecule has 0 N–H and O–H groups in total. The van der Waals surface area contributed by atoms with Gasteiger partial charge in [0.2, 0.25) is 0 Å². The van der Waals surface area contributed by atoms with E-state index in [9.17, 15) is 4.79 Å². The summed E-state index contributed by atoms with van der Waals surface area (Å²) < 4.78 is 0. The molecular formula is C23H35ClN4O. The van der Waals surface area contributed by atoms with Crippen LogP contribution >= 0.6 is 11.6 Å². The Morgan fingerprint density at radius 2 is 1.55 bits per heavy atom. The minimum atomic E-state index is 0.0711. The van der Waals surface area contributed by atoms with Crippen LogP contribution in [0.25, 0.3) is 0 Å². The van der Waals surface area contributed by atoms with E-state index < -0.39 is 0 Å². The fourth-order valence-electron chi connectivity index (χ4n) is 5.07. The molecule has 0 spiro atoms. The number of pyridine rings is 1. The topological polar surface area (TPSA) is 39.7 Å². The average molecular weight is 419 g/mol. The molecule has 5 nitrogen and oxygen atoms in total. The highest BCUT2D eigenvalue weighted by Crippen LogP contribution is 2.29. The molecule has 1 aromatic heterocycles. The molecule has 0 aliphatic carbocycles. The van der Waals surface area contributed by atoms with Gasteiger partial charge in [-0.1, -0.05) is 24.4 Å². The first-order valence-corrected chi connectivity index (χ1v) is 12.0. The zero-order valence-electron chi connectivity index (χ0n) is 17.6. The molecule has 0 saturated carbocycles. The summed E-state index contributed by atoms with van der Waals surface area (Å²) in [4.78, 5) is 24.2. The van der Waals surface area contributed by atoms with Gasteiger partial charge in [-0.25, -0.2) is 4.98 Å². The van der Waals surface area contributed by atoms with Gasteiger partial charge in [0.15, 0.2) is 0 Å². The number of hydrogen-bond acceptors (Lipinski definition) is 4. The van der Waals surface area contributed by atoms with Crippen molar-refractivity contribution in [3.05, 3.63) is 22.8 Å². The van der Waals surface area contributed by atoms with E-state index in [-0.39, 0.29) is 5.91 Å². The third kappa shape index (κ3) is 5.43. The third-order valence-corrected chi connectivity index (χ3v) is 7.12. The van der Waals surface area contributed by atoms with Crippen LogP contribution in [0, 0.1) is 5.92 Å². The molecule has 1 aromatic rings. The van der Waals surface area contributed by atoms with E-state index in [4.69, 9.17) is 11.6 Å². The van der Waals surface area contributed by atoms with Crippen molar-refractivity contribution < 1.29 is 4.79 Å². The summed E-state index contributed by atoms with van der Waals surface area (Å²) in [5.74, 6) is 1.69. The number of carbonyl (C=O) groups excluding carboxylic acids is 1. The van der Waals surface area contributed by atoms with Crippen molar-refractivity contribution in [2.24, 2.45) is 5.92 Å². The van der Waals surface area contributed by atoms with Crippen molar-refractivity contribution in [2.75, 3.05) is 50.7 Å². The normalized spacial score (nSPS) is 22.5. The molecule has 3 aliphatic rings. The fourth-order valence-corrected chi connectivity index (χ4v) is 5.36. The van der Waals surface area contributed by atoms with Gasteiger partial charge in [-0.2, -0.15) is 0 Å². The van der Waals surface area contributed by atoms with Gasteiger partial charge in [-0.15, -0.1) is 0 Å². The van der Waals surface area contributed by atoms with Crippen LogP contribution in [-0.4, -0.2) is 66.5 Å². The largest absolute Gasteiger partial charge is 0.355 e. The predicted octanol–water partition coefficient (Wildman–Crippen LogP) is 4.45. The lowest BCUT2D eigenvalue weighted by Crippen LogP contribution is -2.39. The summed E-state index contributed by atoms with van der Waals surface area (Å²) in [6.07, 6.45) is 13.0. The highest BCUT2D eigenvalue weighted by molar-refractivity contribution is 6.33. The van der Waals surface area contributed by atoms with Gasteiger partial charge in [0.05, 0.1) is 10.6 Å². The number of anilines is 1. The zero-order chi connectivity index (χ0) is 20.1. The molecule has 6 heteroatoms. The second-order valence-electron chi connectivity index (χ2n) is 9.03. The molecule has 3 saturated heterocycles. The lowest BCUT2D eigenvalue weighted by molar-refractivity contribution is 0.0724. The molecule has 160 valence electrons. The first-order chi connectivity index (χ1) is 14.2. The Hall–Kier alpha value is -1.33. The average Bonchev–Trinajstić information content (AvgIpc) is 3.03. The van der Waals surface area contributed by atoms with E-state index in [0.29, 0.717) is 10.6 Å². The van der Waals surface area contributed by atoms with Crippen LogP contribution in [0.1, 0.15) is 68.1 Å². The van der Waals surface area contributed by atoms with E-state index in [1.54, 1.807) is 6.20 Å². The summed E-state index contributed by atoms with van der Waals surface area (Å²) in [5, 5.41) is 0.610. The standard InChI is InChI=1S/C23H35ClN4O/c24-21-16-20(23(29)28-12-6-3-7-13-28)17-25-22(21)27-14-8-19(9-15-27)18-26-10-4-1-2-5-11-26/h16-17,19H,1-15,18H2. The van der Waals surface area contributed by atoms with Crippen molar-refractivity contribution in [1.29, 1.82) is 0 Å². The maximum Gasteiger partial charge on any atom is 0.255 e. The van der Waals surface area contributed by atoms with Crippen LogP contribution in [0.3, 0.4) is 0 Å². The van der Waals surface area contributed by atoms with Crippen molar-refractivity contribution in [3.63, 3.8) is 0 Å². The summed E-state index contributed by atoms with van der Waals surface area (Å²) >= 11 is 6.57. The Morgan fingerprint density at radius 3 is 2.21 bits per heavy atom. The third-order valence-electron chi connectivity index (χ3n) is 6.84. The van der Waals surface area contributed by atoms with Crippen LogP contribution in [0.4, 0.5) is 5.82 Å². The smallest absolute Gasteiger partial charge is 0.255 e. The van der Waals surface area contributed by atoms with Crippen LogP contribution in [0.15, 0.2) is 12.3 Å². The van der Waals surface area contributed by atoms with E-state index in [1.165, 1.54) is 64.6 Å². The summed E-state index contributed by atoms with van der Waals surface area (Å²) in [7, 11) is 0. The number of likely N-dealkylation sites (tertiary alicyclic amines) is 2. The fraction of sp³-hybridized carbons (Fsp3) is 0.739. The molecule has 3 fully saturated rings. The molecule has 4 heterocycles. The number of amides is 1. The molecule has 4 rings (SSSR count). The SMILES string of the molecule is O=C(c1cnc(N2CCC(CN3CCCCCC3)CC2)c(Cl)c1)N1CCCCC1. The Labute approximate surface area is 180 Å².